The van der Waals surface area contributed by atoms with Crippen LogP contribution in [0.25, 0.3) is 0 Å². The van der Waals surface area contributed by atoms with Crippen molar-refractivity contribution in [2.75, 3.05) is 19.4 Å². The molecular formula is C9H19NO4S. The van der Waals surface area contributed by atoms with Gasteiger partial charge in [-0.25, -0.2) is 8.42 Å². The number of carbonyl (C=O) groups excluding carboxylic acids is 1. The lowest BCUT2D eigenvalue weighted by Gasteiger charge is -2.24. The van der Waals surface area contributed by atoms with Gasteiger partial charge in [-0.05, 0) is 20.3 Å². The Morgan fingerprint density at radius 2 is 1.93 bits per heavy atom. The summed E-state index contributed by atoms with van der Waals surface area (Å²) in [5.74, 6) is -0.481. The van der Waals surface area contributed by atoms with Crippen molar-refractivity contribution >= 4 is 16.0 Å². The Labute approximate surface area is 91.5 Å². The first-order valence-corrected chi connectivity index (χ1v) is 6.52. The van der Waals surface area contributed by atoms with E-state index in [-0.39, 0.29) is 18.3 Å². The number of esters is 1. The smallest absolute Gasteiger partial charge is 0.321 e. The molecule has 0 spiro atoms. The van der Waals surface area contributed by atoms with E-state index in [1.165, 1.54) is 11.4 Å². The van der Waals surface area contributed by atoms with E-state index in [2.05, 4.69) is 4.74 Å². The molecule has 0 N–H and O–H groups in total. The fourth-order valence-electron chi connectivity index (χ4n) is 1.17. The maximum absolute atomic E-state index is 11.7. The third-order valence-corrected chi connectivity index (χ3v) is 4.10. The van der Waals surface area contributed by atoms with E-state index in [0.717, 1.165) is 0 Å². The zero-order valence-electron chi connectivity index (χ0n) is 9.69. The van der Waals surface area contributed by atoms with Gasteiger partial charge < -0.3 is 4.74 Å². The third-order valence-electron chi connectivity index (χ3n) is 1.91. The lowest BCUT2D eigenvalue weighted by atomic mass is 10.4. The molecule has 0 rings (SSSR count). The van der Waals surface area contributed by atoms with Crippen molar-refractivity contribution in [2.45, 2.75) is 33.2 Å². The maximum atomic E-state index is 11.7. The molecule has 0 aromatic rings. The molecule has 6 heteroatoms. The molecule has 0 aromatic carbocycles. The Morgan fingerprint density at radius 1 is 1.40 bits per heavy atom. The monoisotopic (exact) mass is 237 g/mol. The minimum absolute atomic E-state index is 0.0577. The van der Waals surface area contributed by atoms with Gasteiger partial charge in [0.05, 0.1) is 12.9 Å². The molecule has 0 saturated carbocycles. The van der Waals surface area contributed by atoms with Gasteiger partial charge in [-0.15, -0.1) is 0 Å². The molecule has 0 heterocycles. The molecular weight excluding hydrogens is 218 g/mol. The van der Waals surface area contributed by atoms with Gasteiger partial charge in [0.15, 0.2) is 0 Å². The number of sulfonamides is 1. The van der Waals surface area contributed by atoms with E-state index in [1.54, 1.807) is 20.8 Å². The predicted molar refractivity (Wildman–Crippen MR) is 57.9 cm³/mol. The number of nitrogens with zero attached hydrogens (tertiary/aromatic N) is 1. The number of hydrogen-bond donors (Lipinski definition) is 0. The van der Waals surface area contributed by atoms with Gasteiger partial charge >= 0.3 is 5.97 Å². The van der Waals surface area contributed by atoms with E-state index in [0.29, 0.717) is 6.42 Å². The highest BCUT2D eigenvalue weighted by Gasteiger charge is 2.26. The second kappa shape index (κ2) is 6.07. The zero-order valence-corrected chi connectivity index (χ0v) is 10.5. The quantitative estimate of drug-likeness (QED) is 0.635. The fraction of sp³-hybridized carbons (Fsp3) is 0.889. The second-order valence-electron chi connectivity index (χ2n) is 3.53. The molecule has 0 aliphatic heterocycles. The molecule has 0 bridgehead atoms. The first-order valence-electron chi connectivity index (χ1n) is 4.91. The van der Waals surface area contributed by atoms with Gasteiger partial charge in [0, 0.05) is 6.04 Å². The predicted octanol–water partition coefficient (Wildman–Crippen LogP) is 0.610. The minimum atomic E-state index is -3.34. The number of rotatable bonds is 6. The third kappa shape index (κ3) is 4.61. The Morgan fingerprint density at radius 3 is 2.27 bits per heavy atom. The fourth-order valence-corrected chi connectivity index (χ4v) is 2.86. The van der Waals surface area contributed by atoms with Crippen LogP contribution >= 0.6 is 0 Å². The van der Waals surface area contributed by atoms with E-state index in [9.17, 15) is 13.2 Å². The van der Waals surface area contributed by atoms with E-state index >= 15 is 0 Å². The summed E-state index contributed by atoms with van der Waals surface area (Å²) in [4.78, 5) is 11.0. The normalized spacial score (nSPS) is 12.1. The van der Waals surface area contributed by atoms with Crippen molar-refractivity contribution in [3.8, 4) is 0 Å². The SMILES string of the molecule is CCCS(=O)(=O)N(CC(=O)OC)C(C)C. The minimum Gasteiger partial charge on any atom is -0.468 e. The summed E-state index contributed by atoms with van der Waals surface area (Å²) in [5, 5.41) is 0. The number of carbonyl (C=O) groups is 1. The highest BCUT2D eigenvalue weighted by molar-refractivity contribution is 7.89. The number of ether oxygens (including phenoxy) is 1. The van der Waals surface area contributed by atoms with E-state index in [1.807, 2.05) is 0 Å². The van der Waals surface area contributed by atoms with E-state index in [4.69, 9.17) is 0 Å². The molecule has 0 unspecified atom stereocenters. The summed E-state index contributed by atoms with van der Waals surface area (Å²) in [5.41, 5.74) is 0. The first kappa shape index (κ1) is 14.4. The largest absolute Gasteiger partial charge is 0.468 e. The van der Waals surface area contributed by atoms with Crippen molar-refractivity contribution < 1.29 is 17.9 Å². The van der Waals surface area contributed by atoms with Crippen LogP contribution < -0.4 is 0 Å². The second-order valence-corrected chi connectivity index (χ2v) is 5.57. The number of hydrogen-bond acceptors (Lipinski definition) is 4. The molecule has 5 nitrogen and oxygen atoms in total. The topological polar surface area (TPSA) is 63.7 Å². The van der Waals surface area contributed by atoms with Crippen LogP contribution in [0.1, 0.15) is 27.2 Å². The lowest BCUT2D eigenvalue weighted by Crippen LogP contribution is -2.42. The summed E-state index contributed by atoms with van der Waals surface area (Å²) in [6, 6.07) is -0.236. The molecule has 0 aliphatic carbocycles. The van der Waals surface area contributed by atoms with Crippen molar-refractivity contribution in [3.63, 3.8) is 0 Å². The highest BCUT2D eigenvalue weighted by atomic mass is 32.2. The van der Waals surface area contributed by atoms with Crippen molar-refractivity contribution in [3.05, 3.63) is 0 Å². The van der Waals surface area contributed by atoms with Crippen LogP contribution in [0.15, 0.2) is 0 Å². The Balaban J connectivity index is 4.74. The van der Waals surface area contributed by atoms with Crippen molar-refractivity contribution in [1.82, 2.24) is 4.31 Å². The zero-order chi connectivity index (χ0) is 12.1. The lowest BCUT2D eigenvalue weighted by molar-refractivity contribution is -0.141. The van der Waals surface area contributed by atoms with Gasteiger partial charge in [-0.3, -0.25) is 4.79 Å². The Hall–Kier alpha value is -0.620. The summed E-state index contributed by atoms with van der Waals surface area (Å²) in [6.07, 6.45) is 0.534. The van der Waals surface area contributed by atoms with Gasteiger partial charge in [-0.2, -0.15) is 4.31 Å². The molecule has 15 heavy (non-hydrogen) atoms. The van der Waals surface area contributed by atoms with Crippen LogP contribution in [0.3, 0.4) is 0 Å². The average molecular weight is 237 g/mol. The van der Waals surface area contributed by atoms with Crippen LogP contribution in [0.5, 0.6) is 0 Å². The Kier molecular flexibility index (Phi) is 5.82. The molecule has 90 valence electrons. The van der Waals surface area contributed by atoms with E-state index < -0.39 is 16.0 Å². The summed E-state index contributed by atoms with van der Waals surface area (Å²) >= 11 is 0. The van der Waals surface area contributed by atoms with Gasteiger partial charge in [-0.1, -0.05) is 6.92 Å². The van der Waals surface area contributed by atoms with Crippen molar-refractivity contribution in [1.29, 1.82) is 0 Å². The first-order chi connectivity index (χ1) is 6.85. The van der Waals surface area contributed by atoms with Gasteiger partial charge in [0.25, 0.3) is 0 Å². The summed E-state index contributed by atoms with van der Waals surface area (Å²) in [7, 11) is -2.10. The van der Waals surface area contributed by atoms with Gasteiger partial charge in [0.2, 0.25) is 10.0 Å². The van der Waals surface area contributed by atoms with Crippen LogP contribution in [0, 0.1) is 0 Å². The van der Waals surface area contributed by atoms with Crippen LogP contribution in [0.2, 0.25) is 0 Å². The summed E-state index contributed by atoms with van der Waals surface area (Å²) in [6.45, 7) is 5.04. The number of methoxy groups -OCH3 is 1. The summed E-state index contributed by atoms with van der Waals surface area (Å²) < 4.78 is 29.1. The molecule has 0 aromatic heterocycles. The molecule has 0 aliphatic rings. The standard InChI is InChI=1S/C9H19NO4S/c1-5-6-15(12,13)10(8(2)3)7-9(11)14-4/h8H,5-7H2,1-4H3. The van der Waals surface area contributed by atoms with Crippen LogP contribution in [0.4, 0.5) is 0 Å². The molecule has 0 saturated heterocycles. The highest BCUT2D eigenvalue weighted by Crippen LogP contribution is 2.08. The molecule has 0 fully saturated rings. The molecule has 0 amide bonds. The average Bonchev–Trinajstić information content (AvgIpc) is 2.12. The van der Waals surface area contributed by atoms with Gasteiger partial charge in [0.1, 0.15) is 6.54 Å². The van der Waals surface area contributed by atoms with Crippen molar-refractivity contribution in [2.24, 2.45) is 0 Å². The molecule has 0 radical (unpaired) electrons. The van der Waals surface area contributed by atoms with Crippen LogP contribution in [-0.4, -0.2) is 44.1 Å². The van der Waals surface area contributed by atoms with Crippen LogP contribution in [-0.2, 0) is 19.6 Å². The Bertz CT molecular complexity index is 297. The maximum Gasteiger partial charge on any atom is 0.321 e. The molecule has 0 atom stereocenters.